The molecule has 0 spiro atoms. The highest BCUT2D eigenvalue weighted by atomic mass is 16.3. The van der Waals surface area contributed by atoms with Crippen LogP contribution in [0, 0.1) is 0 Å². The van der Waals surface area contributed by atoms with E-state index in [1.807, 2.05) is 0 Å². The number of aliphatic hydroxyl groups is 1. The molecule has 5 heteroatoms. The lowest BCUT2D eigenvalue weighted by atomic mass is 10.1. The third-order valence-electron chi connectivity index (χ3n) is 3.04. The van der Waals surface area contributed by atoms with Crippen molar-refractivity contribution in [3.63, 3.8) is 0 Å². The summed E-state index contributed by atoms with van der Waals surface area (Å²) in [4.78, 5) is 24.9. The van der Waals surface area contributed by atoms with E-state index in [0.717, 1.165) is 12.8 Å². The second-order valence-corrected chi connectivity index (χ2v) is 4.71. The number of hydrogen-bond acceptors (Lipinski definition) is 3. The monoisotopic (exact) mass is 262 g/mol. The molecule has 0 aromatic heterocycles. The van der Waals surface area contributed by atoms with Crippen molar-refractivity contribution in [2.24, 2.45) is 0 Å². The van der Waals surface area contributed by atoms with Crippen molar-refractivity contribution in [2.75, 3.05) is 18.5 Å². The maximum absolute atomic E-state index is 12.3. The molecule has 1 aliphatic rings. The van der Waals surface area contributed by atoms with Gasteiger partial charge in [0.1, 0.15) is 0 Å². The molecular formula is C14H18N2O3. The van der Waals surface area contributed by atoms with Crippen LogP contribution in [0.5, 0.6) is 0 Å². The van der Waals surface area contributed by atoms with Crippen molar-refractivity contribution in [2.45, 2.75) is 25.8 Å². The number of anilines is 1. The quantitative estimate of drug-likeness (QED) is 0.839. The van der Waals surface area contributed by atoms with E-state index in [-0.39, 0.29) is 24.5 Å². The van der Waals surface area contributed by atoms with Gasteiger partial charge in [-0.15, -0.1) is 0 Å². The van der Waals surface area contributed by atoms with Crippen molar-refractivity contribution in [3.05, 3.63) is 29.8 Å². The predicted octanol–water partition coefficient (Wildman–Crippen LogP) is 1.24. The van der Waals surface area contributed by atoms with Crippen molar-refractivity contribution in [1.29, 1.82) is 0 Å². The summed E-state index contributed by atoms with van der Waals surface area (Å²) >= 11 is 0. The molecule has 0 heterocycles. The lowest BCUT2D eigenvalue weighted by Crippen LogP contribution is -2.35. The second kappa shape index (κ2) is 5.84. The largest absolute Gasteiger partial charge is 0.395 e. The molecule has 2 N–H and O–H groups in total. The molecule has 5 nitrogen and oxygen atoms in total. The molecule has 0 atom stereocenters. The molecule has 1 aromatic rings. The van der Waals surface area contributed by atoms with Crippen molar-refractivity contribution in [3.8, 4) is 0 Å². The van der Waals surface area contributed by atoms with E-state index in [2.05, 4.69) is 5.32 Å². The minimum Gasteiger partial charge on any atom is -0.395 e. The van der Waals surface area contributed by atoms with E-state index in [0.29, 0.717) is 17.8 Å². The van der Waals surface area contributed by atoms with Crippen LogP contribution in [0.3, 0.4) is 0 Å². The first-order valence-electron chi connectivity index (χ1n) is 6.41. The Morgan fingerprint density at radius 3 is 2.42 bits per heavy atom. The molecule has 0 saturated heterocycles. The van der Waals surface area contributed by atoms with Crippen LogP contribution in [0.4, 0.5) is 5.69 Å². The molecule has 2 rings (SSSR count). The fourth-order valence-electron chi connectivity index (χ4n) is 2.01. The number of nitrogens with zero attached hydrogens (tertiary/aromatic N) is 1. The number of aliphatic hydroxyl groups excluding tert-OH is 1. The van der Waals surface area contributed by atoms with Crippen molar-refractivity contribution >= 4 is 17.5 Å². The summed E-state index contributed by atoms with van der Waals surface area (Å²) in [6.45, 7) is 1.79. The maximum Gasteiger partial charge on any atom is 0.254 e. The lowest BCUT2D eigenvalue weighted by Gasteiger charge is -2.21. The maximum atomic E-state index is 12.3. The van der Waals surface area contributed by atoms with Crippen LogP contribution in [0.2, 0.25) is 0 Å². The summed E-state index contributed by atoms with van der Waals surface area (Å²) in [6.07, 6.45) is 2.02. The molecule has 2 amide bonds. The smallest absolute Gasteiger partial charge is 0.254 e. The number of carbonyl (C=O) groups is 2. The number of nitrogens with one attached hydrogen (secondary N) is 1. The Morgan fingerprint density at radius 1 is 1.32 bits per heavy atom. The summed E-state index contributed by atoms with van der Waals surface area (Å²) in [5.74, 6) is -0.204. The summed E-state index contributed by atoms with van der Waals surface area (Å²) in [5.41, 5.74) is 1.25. The van der Waals surface area contributed by atoms with E-state index < -0.39 is 0 Å². The first-order valence-corrected chi connectivity index (χ1v) is 6.41. The summed E-state index contributed by atoms with van der Waals surface area (Å²) in [6, 6.07) is 7.08. The van der Waals surface area contributed by atoms with E-state index in [9.17, 15) is 9.59 Å². The van der Waals surface area contributed by atoms with Crippen LogP contribution in [-0.4, -0.2) is 41.0 Å². The van der Waals surface area contributed by atoms with Crippen molar-refractivity contribution < 1.29 is 14.7 Å². The van der Waals surface area contributed by atoms with Gasteiger partial charge in [-0.3, -0.25) is 9.59 Å². The zero-order valence-electron chi connectivity index (χ0n) is 10.9. The first kappa shape index (κ1) is 13.5. The van der Waals surface area contributed by atoms with Gasteiger partial charge in [0.2, 0.25) is 5.91 Å². The van der Waals surface area contributed by atoms with E-state index in [1.165, 1.54) is 6.92 Å². The molecule has 0 aliphatic heterocycles. The van der Waals surface area contributed by atoms with Gasteiger partial charge in [0.25, 0.3) is 5.91 Å². The molecule has 0 bridgehead atoms. The Balaban J connectivity index is 2.07. The minimum atomic E-state index is -0.140. The zero-order chi connectivity index (χ0) is 13.8. The van der Waals surface area contributed by atoms with Gasteiger partial charge in [-0.05, 0) is 37.1 Å². The highest BCUT2D eigenvalue weighted by Gasteiger charge is 2.32. The second-order valence-electron chi connectivity index (χ2n) is 4.71. The van der Waals surface area contributed by atoms with Crippen LogP contribution in [-0.2, 0) is 4.79 Å². The van der Waals surface area contributed by atoms with E-state index >= 15 is 0 Å². The highest BCUT2D eigenvalue weighted by molar-refractivity contribution is 5.95. The molecule has 1 fully saturated rings. The zero-order valence-corrected chi connectivity index (χ0v) is 10.9. The number of amides is 2. The topological polar surface area (TPSA) is 69.6 Å². The molecular weight excluding hydrogens is 244 g/mol. The Morgan fingerprint density at radius 2 is 1.95 bits per heavy atom. The molecule has 1 aromatic carbocycles. The number of hydrogen-bond donors (Lipinski definition) is 2. The number of benzene rings is 1. The fraction of sp³-hybridized carbons (Fsp3) is 0.429. The van der Waals surface area contributed by atoms with Gasteiger partial charge in [0.15, 0.2) is 0 Å². The fourth-order valence-corrected chi connectivity index (χ4v) is 2.01. The standard InChI is InChI=1S/C14H18N2O3/c1-10(18)15-12-4-2-11(3-5-12)14(19)16(8-9-17)13-6-7-13/h2-5,13,17H,6-9H2,1H3,(H,15,18). The lowest BCUT2D eigenvalue weighted by molar-refractivity contribution is -0.114. The average molecular weight is 262 g/mol. The van der Waals surface area contributed by atoms with E-state index in [1.54, 1.807) is 29.2 Å². The summed E-state index contributed by atoms with van der Waals surface area (Å²) in [5, 5.41) is 11.7. The van der Waals surface area contributed by atoms with E-state index in [4.69, 9.17) is 5.11 Å². The Labute approximate surface area is 112 Å². The minimum absolute atomic E-state index is 0.0216. The van der Waals surface area contributed by atoms with Crippen molar-refractivity contribution in [1.82, 2.24) is 4.90 Å². The molecule has 102 valence electrons. The molecule has 0 unspecified atom stereocenters. The molecule has 1 aliphatic carbocycles. The Kier molecular flexibility index (Phi) is 4.16. The molecule has 1 saturated carbocycles. The average Bonchev–Trinajstić information content (AvgIpc) is 3.19. The Bertz CT molecular complexity index is 466. The number of carbonyl (C=O) groups excluding carboxylic acids is 2. The molecule has 19 heavy (non-hydrogen) atoms. The van der Waals surface area contributed by atoms with Crippen LogP contribution in [0.25, 0.3) is 0 Å². The third-order valence-corrected chi connectivity index (χ3v) is 3.04. The van der Waals surface area contributed by atoms with Crippen LogP contribution in [0.1, 0.15) is 30.1 Å². The van der Waals surface area contributed by atoms with Gasteiger partial charge in [0.05, 0.1) is 6.61 Å². The van der Waals surface area contributed by atoms with Gasteiger partial charge in [-0.1, -0.05) is 0 Å². The van der Waals surface area contributed by atoms with Gasteiger partial charge < -0.3 is 15.3 Å². The highest BCUT2D eigenvalue weighted by Crippen LogP contribution is 2.28. The number of rotatable bonds is 5. The summed E-state index contributed by atoms with van der Waals surface area (Å²) in [7, 11) is 0. The predicted molar refractivity (Wildman–Crippen MR) is 71.9 cm³/mol. The van der Waals surface area contributed by atoms with Crippen LogP contribution in [0.15, 0.2) is 24.3 Å². The van der Waals surface area contributed by atoms with Gasteiger partial charge >= 0.3 is 0 Å². The summed E-state index contributed by atoms with van der Waals surface area (Å²) < 4.78 is 0. The first-order chi connectivity index (χ1) is 9.11. The third kappa shape index (κ3) is 3.54. The SMILES string of the molecule is CC(=O)Nc1ccc(C(=O)N(CCO)C2CC2)cc1. The van der Waals surface area contributed by atoms with Crippen LogP contribution < -0.4 is 5.32 Å². The van der Waals surface area contributed by atoms with Gasteiger partial charge in [-0.2, -0.15) is 0 Å². The normalized spacial score (nSPS) is 14.0. The van der Waals surface area contributed by atoms with Gasteiger partial charge in [-0.25, -0.2) is 0 Å². The van der Waals surface area contributed by atoms with Gasteiger partial charge in [0, 0.05) is 30.8 Å². The van der Waals surface area contributed by atoms with Crippen LogP contribution >= 0.6 is 0 Å². The Hall–Kier alpha value is -1.88. The molecule has 0 radical (unpaired) electrons.